The predicted octanol–water partition coefficient (Wildman–Crippen LogP) is 3.92. The van der Waals surface area contributed by atoms with Crippen LogP contribution in [0.5, 0.6) is 0 Å². The van der Waals surface area contributed by atoms with Crippen molar-refractivity contribution in [1.82, 2.24) is 5.32 Å². The fourth-order valence-corrected chi connectivity index (χ4v) is 3.25. The van der Waals surface area contributed by atoms with Crippen molar-refractivity contribution in [3.8, 4) is 0 Å². The van der Waals surface area contributed by atoms with Gasteiger partial charge in [0.25, 0.3) is 5.91 Å². The van der Waals surface area contributed by atoms with E-state index in [0.717, 1.165) is 17.8 Å². The Kier molecular flexibility index (Phi) is 4.05. The maximum absolute atomic E-state index is 12.5. The molecule has 0 aromatic heterocycles. The Balaban J connectivity index is 2.02. The third kappa shape index (κ3) is 2.92. The summed E-state index contributed by atoms with van der Waals surface area (Å²) >= 11 is 0. The minimum absolute atomic E-state index is 0.0113. The molecule has 1 saturated carbocycles. The molecule has 1 amide bonds. The summed E-state index contributed by atoms with van der Waals surface area (Å²) in [5.74, 6) is 0.552. The Morgan fingerprint density at radius 1 is 1.14 bits per heavy atom. The number of amides is 1. The number of para-hydroxylation sites is 1. The summed E-state index contributed by atoms with van der Waals surface area (Å²) in [5.41, 5.74) is 2.23. The highest BCUT2D eigenvalue weighted by molar-refractivity contribution is 5.99. The topological polar surface area (TPSA) is 41.1 Å². The lowest BCUT2D eigenvalue weighted by molar-refractivity contribution is 0.0950. The fraction of sp³-hybridized carbons (Fsp3) is 0.611. The van der Waals surface area contributed by atoms with Gasteiger partial charge in [-0.1, -0.05) is 39.8 Å². The summed E-state index contributed by atoms with van der Waals surface area (Å²) in [6.07, 6.45) is 0. The van der Waals surface area contributed by atoms with Crippen LogP contribution in [0.15, 0.2) is 24.3 Å². The zero-order valence-corrected chi connectivity index (χ0v) is 14.1. The van der Waals surface area contributed by atoms with Gasteiger partial charge in [0, 0.05) is 18.3 Å². The quantitative estimate of drug-likeness (QED) is 0.862. The SMILES string of the molecule is CC(C)Nc1ccccc1C(=O)NCC1C(C)(C)C1(C)C. The van der Waals surface area contributed by atoms with Crippen LogP contribution in [0, 0.1) is 16.7 Å². The Hall–Kier alpha value is -1.51. The first kappa shape index (κ1) is 15.9. The third-order valence-electron chi connectivity index (χ3n) is 5.40. The summed E-state index contributed by atoms with van der Waals surface area (Å²) in [6, 6.07) is 8.00. The molecule has 0 heterocycles. The van der Waals surface area contributed by atoms with E-state index < -0.39 is 0 Å². The minimum Gasteiger partial charge on any atom is -0.382 e. The van der Waals surface area contributed by atoms with E-state index in [4.69, 9.17) is 0 Å². The normalized spacial score (nSPS) is 19.4. The third-order valence-corrected chi connectivity index (χ3v) is 5.40. The van der Waals surface area contributed by atoms with Crippen LogP contribution in [0.25, 0.3) is 0 Å². The first-order valence-electron chi connectivity index (χ1n) is 7.81. The summed E-state index contributed by atoms with van der Waals surface area (Å²) in [4.78, 5) is 12.5. The Morgan fingerprint density at radius 3 is 2.24 bits per heavy atom. The molecule has 0 aliphatic heterocycles. The second kappa shape index (κ2) is 5.36. The molecular formula is C18H28N2O. The molecule has 3 heteroatoms. The smallest absolute Gasteiger partial charge is 0.253 e. The highest BCUT2D eigenvalue weighted by atomic mass is 16.1. The van der Waals surface area contributed by atoms with Crippen molar-refractivity contribution in [2.75, 3.05) is 11.9 Å². The van der Waals surface area contributed by atoms with E-state index >= 15 is 0 Å². The van der Waals surface area contributed by atoms with Gasteiger partial charge in [-0.05, 0) is 42.7 Å². The van der Waals surface area contributed by atoms with Gasteiger partial charge in [-0.3, -0.25) is 4.79 Å². The first-order valence-corrected chi connectivity index (χ1v) is 7.81. The molecule has 1 aromatic rings. The summed E-state index contributed by atoms with van der Waals surface area (Å²) in [6.45, 7) is 14.0. The van der Waals surface area contributed by atoms with E-state index in [9.17, 15) is 4.79 Å². The molecule has 0 bridgehead atoms. The standard InChI is InChI=1S/C18H28N2O/c1-12(2)20-14-10-8-7-9-13(14)16(21)19-11-15-17(3,4)18(15,5)6/h7-10,12,15,20H,11H2,1-6H3,(H,19,21). The van der Waals surface area contributed by atoms with E-state index in [1.807, 2.05) is 24.3 Å². The maximum atomic E-state index is 12.5. The van der Waals surface area contributed by atoms with Crippen molar-refractivity contribution in [3.05, 3.63) is 29.8 Å². The zero-order chi connectivity index (χ0) is 15.8. The van der Waals surface area contributed by atoms with Gasteiger partial charge in [-0.25, -0.2) is 0 Å². The number of hydrogen-bond donors (Lipinski definition) is 2. The van der Waals surface area contributed by atoms with Crippen LogP contribution in [0.3, 0.4) is 0 Å². The first-order chi connectivity index (χ1) is 9.68. The molecule has 1 fully saturated rings. The van der Waals surface area contributed by atoms with E-state index in [0.29, 0.717) is 22.8 Å². The second-order valence-corrected chi connectivity index (χ2v) is 7.55. The predicted molar refractivity (Wildman–Crippen MR) is 88.6 cm³/mol. The highest BCUT2D eigenvalue weighted by Crippen LogP contribution is 2.67. The number of anilines is 1. The van der Waals surface area contributed by atoms with Gasteiger partial charge >= 0.3 is 0 Å². The number of nitrogens with one attached hydrogen (secondary N) is 2. The second-order valence-electron chi connectivity index (χ2n) is 7.55. The molecule has 0 radical (unpaired) electrons. The summed E-state index contributed by atoms with van der Waals surface area (Å²) in [7, 11) is 0. The van der Waals surface area contributed by atoms with Gasteiger partial charge in [0.1, 0.15) is 0 Å². The molecule has 1 aliphatic rings. The van der Waals surface area contributed by atoms with Gasteiger partial charge in [-0.15, -0.1) is 0 Å². The average Bonchev–Trinajstić information content (AvgIpc) is 2.76. The van der Waals surface area contributed by atoms with Crippen LogP contribution in [0.1, 0.15) is 51.9 Å². The monoisotopic (exact) mass is 288 g/mol. The van der Waals surface area contributed by atoms with Gasteiger partial charge in [0.05, 0.1) is 5.56 Å². The van der Waals surface area contributed by atoms with Crippen LogP contribution in [0.4, 0.5) is 5.69 Å². The number of hydrogen-bond acceptors (Lipinski definition) is 2. The Labute approximate surface area is 128 Å². The van der Waals surface area contributed by atoms with Crippen LogP contribution in [0.2, 0.25) is 0 Å². The molecule has 3 nitrogen and oxygen atoms in total. The van der Waals surface area contributed by atoms with Crippen molar-refractivity contribution in [2.45, 2.75) is 47.6 Å². The van der Waals surface area contributed by atoms with Crippen molar-refractivity contribution in [1.29, 1.82) is 0 Å². The van der Waals surface area contributed by atoms with Crippen LogP contribution in [-0.2, 0) is 0 Å². The van der Waals surface area contributed by atoms with Crippen LogP contribution >= 0.6 is 0 Å². The Morgan fingerprint density at radius 2 is 1.71 bits per heavy atom. The van der Waals surface area contributed by atoms with E-state index in [-0.39, 0.29) is 5.91 Å². The van der Waals surface area contributed by atoms with Crippen LogP contribution < -0.4 is 10.6 Å². The number of benzene rings is 1. The zero-order valence-electron chi connectivity index (χ0n) is 14.1. The van der Waals surface area contributed by atoms with Gasteiger partial charge in [-0.2, -0.15) is 0 Å². The van der Waals surface area contributed by atoms with Crippen molar-refractivity contribution >= 4 is 11.6 Å². The fourth-order valence-electron chi connectivity index (χ4n) is 3.25. The molecule has 1 aromatic carbocycles. The highest BCUT2D eigenvalue weighted by Gasteiger charge is 2.64. The largest absolute Gasteiger partial charge is 0.382 e. The molecule has 21 heavy (non-hydrogen) atoms. The lowest BCUT2D eigenvalue weighted by Crippen LogP contribution is -2.28. The molecule has 0 atom stereocenters. The molecule has 0 unspecified atom stereocenters. The molecule has 2 rings (SSSR count). The molecular weight excluding hydrogens is 260 g/mol. The van der Waals surface area contributed by atoms with Crippen molar-refractivity contribution in [2.24, 2.45) is 16.7 Å². The van der Waals surface area contributed by atoms with Crippen LogP contribution in [-0.4, -0.2) is 18.5 Å². The minimum atomic E-state index is 0.0113. The molecule has 0 spiro atoms. The molecule has 116 valence electrons. The van der Waals surface area contributed by atoms with Gasteiger partial charge in [0.2, 0.25) is 0 Å². The molecule has 1 aliphatic carbocycles. The summed E-state index contributed by atoms with van der Waals surface area (Å²) in [5, 5.41) is 6.44. The van der Waals surface area contributed by atoms with Crippen molar-refractivity contribution in [3.63, 3.8) is 0 Å². The van der Waals surface area contributed by atoms with Gasteiger partial charge in [0.15, 0.2) is 0 Å². The maximum Gasteiger partial charge on any atom is 0.253 e. The Bertz CT molecular complexity index is 518. The number of rotatable bonds is 5. The van der Waals surface area contributed by atoms with E-state index in [1.165, 1.54) is 0 Å². The lowest BCUT2D eigenvalue weighted by Gasteiger charge is -2.15. The van der Waals surface area contributed by atoms with E-state index in [2.05, 4.69) is 52.2 Å². The lowest BCUT2D eigenvalue weighted by atomic mass is 10.0. The van der Waals surface area contributed by atoms with Crippen molar-refractivity contribution < 1.29 is 4.79 Å². The van der Waals surface area contributed by atoms with E-state index in [1.54, 1.807) is 0 Å². The molecule has 2 N–H and O–H groups in total. The number of carbonyl (C=O) groups excluding carboxylic acids is 1. The molecule has 0 saturated heterocycles. The van der Waals surface area contributed by atoms with Gasteiger partial charge < -0.3 is 10.6 Å². The number of carbonyl (C=O) groups is 1. The summed E-state index contributed by atoms with van der Waals surface area (Å²) < 4.78 is 0. The average molecular weight is 288 g/mol.